The van der Waals surface area contributed by atoms with E-state index in [-0.39, 0.29) is 5.91 Å². The lowest BCUT2D eigenvalue weighted by atomic mass is 10.1. The zero-order valence-electron chi connectivity index (χ0n) is 15.8. The fourth-order valence-corrected chi connectivity index (χ4v) is 3.92. The lowest BCUT2D eigenvalue weighted by Crippen LogP contribution is -2.48. The number of amides is 1. The van der Waals surface area contributed by atoms with E-state index >= 15 is 0 Å². The molecule has 0 radical (unpaired) electrons. The lowest BCUT2D eigenvalue weighted by Gasteiger charge is -2.34. The highest BCUT2D eigenvalue weighted by molar-refractivity contribution is 7.09. The average molecular weight is 391 g/mol. The third-order valence-corrected chi connectivity index (χ3v) is 5.51. The van der Waals surface area contributed by atoms with Gasteiger partial charge >= 0.3 is 0 Å². The maximum Gasteiger partial charge on any atom is 0.273 e. The predicted molar refractivity (Wildman–Crippen MR) is 106 cm³/mol. The number of carbonyl (C=O) groups is 1. The van der Waals surface area contributed by atoms with Crippen LogP contribution in [0.1, 0.15) is 21.1 Å². The Labute approximate surface area is 163 Å². The first-order valence-corrected chi connectivity index (χ1v) is 9.89. The smallest absolute Gasteiger partial charge is 0.273 e. The number of carbonyl (C=O) groups excluding carboxylic acids is 1. The second kappa shape index (κ2) is 9.16. The van der Waals surface area contributed by atoms with Gasteiger partial charge in [0.15, 0.2) is 0 Å². The fourth-order valence-electron chi connectivity index (χ4n) is 3.13. The van der Waals surface area contributed by atoms with Crippen LogP contribution in [0.4, 0.5) is 0 Å². The van der Waals surface area contributed by atoms with Crippen molar-refractivity contribution >= 4 is 17.2 Å². The molecule has 1 aliphatic heterocycles. The Bertz CT molecular complexity index is 750. The van der Waals surface area contributed by atoms with Gasteiger partial charge in [-0.25, -0.2) is 4.98 Å². The van der Waals surface area contributed by atoms with Gasteiger partial charge in [-0.2, -0.15) is 0 Å². The van der Waals surface area contributed by atoms with Gasteiger partial charge in [-0.05, 0) is 24.2 Å². The maximum atomic E-state index is 12.6. The number of ether oxygens (including phenoxy) is 2. The zero-order valence-corrected chi connectivity index (χ0v) is 16.6. The summed E-state index contributed by atoms with van der Waals surface area (Å²) in [4.78, 5) is 21.3. The van der Waals surface area contributed by atoms with Crippen LogP contribution in [-0.2, 0) is 13.0 Å². The van der Waals surface area contributed by atoms with E-state index < -0.39 is 0 Å². The van der Waals surface area contributed by atoms with E-state index in [9.17, 15) is 4.79 Å². The average Bonchev–Trinajstić information content (AvgIpc) is 3.16. The molecule has 146 valence electrons. The largest absolute Gasteiger partial charge is 0.497 e. The molecule has 0 saturated carbocycles. The second-order valence-electron chi connectivity index (χ2n) is 6.45. The highest BCUT2D eigenvalue weighted by atomic mass is 32.1. The molecule has 1 aliphatic rings. The van der Waals surface area contributed by atoms with Gasteiger partial charge in [0.05, 0.1) is 19.2 Å². The molecule has 7 nitrogen and oxygen atoms in total. The minimum absolute atomic E-state index is 0.0113. The second-order valence-corrected chi connectivity index (χ2v) is 7.40. The van der Waals surface area contributed by atoms with Gasteiger partial charge in [-0.15, -0.1) is 11.3 Å². The monoisotopic (exact) mass is 390 g/mol. The molecular formula is C19H26N4O3S. The normalized spacial score (nSPS) is 15.0. The topological polar surface area (TPSA) is 80.9 Å². The zero-order chi connectivity index (χ0) is 19.2. The maximum absolute atomic E-state index is 12.6. The molecule has 1 aromatic carbocycles. The molecule has 0 unspecified atom stereocenters. The van der Waals surface area contributed by atoms with Gasteiger partial charge < -0.3 is 20.1 Å². The third kappa shape index (κ3) is 4.97. The molecule has 2 N–H and O–H groups in total. The van der Waals surface area contributed by atoms with Gasteiger partial charge in [0.2, 0.25) is 0 Å². The highest BCUT2D eigenvalue weighted by Gasteiger charge is 2.24. The molecule has 0 bridgehead atoms. The van der Waals surface area contributed by atoms with Crippen molar-refractivity contribution in [2.75, 3.05) is 46.9 Å². The van der Waals surface area contributed by atoms with Crippen molar-refractivity contribution in [2.45, 2.75) is 13.0 Å². The Morgan fingerprint density at radius 1 is 1.15 bits per heavy atom. The molecule has 0 aliphatic carbocycles. The summed E-state index contributed by atoms with van der Waals surface area (Å²) in [5, 5.41) is 2.76. The molecule has 2 heterocycles. The van der Waals surface area contributed by atoms with Gasteiger partial charge in [0.1, 0.15) is 17.2 Å². The number of nitrogens with zero attached hydrogens (tertiary/aromatic N) is 3. The molecule has 1 aromatic heterocycles. The van der Waals surface area contributed by atoms with Crippen LogP contribution in [0.15, 0.2) is 23.6 Å². The molecule has 1 fully saturated rings. The highest BCUT2D eigenvalue weighted by Crippen LogP contribution is 2.24. The number of piperazine rings is 1. The van der Waals surface area contributed by atoms with E-state index in [0.29, 0.717) is 25.3 Å². The number of aromatic nitrogens is 1. The van der Waals surface area contributed by atoms with Crippen LogP contribution in [0.5, 0.6) is 11.5 Å². The number of thiazole rings is 1. The molecule has 0 spiro atoms. The van der Waals surface area contributed by atoms with E-state index in [4.69, 9.17) is 15.2 Å². The van der Waals surface area contributed by atoms with Gasteiger partial charge in [0.25, 0.3) is 5.91 Å². The van der Waals surface area contributed by atoms with Crippen LogP contribution in [0.3, 0.4) is 0 Å². The number of rotatable bonds is 7. The molecule has 27 heavy (non-hydrogen) atoms. The summed E-state index contributed by atoms with van der Waals surface area (Å²) in [7, 11) is 3.31. The molecule has 3 rings (SSSR count). The van der Waals surface area contributed by atoms with E-state index in [2.05, 4.69) is 9.88 Å². The van der Waals surface area contributed by atoms with Crippen LogP contribution < -0.4 is 15.2 Å². The van der Waals surface area contributed by atoms with Gasteiger partial charge in [-0.3, -0.25) is 9.69 Å². The van der Waals surface area contributed by atoms with Crippen molar-refractivity contribution in [2.24, 2.45) is 5.73 Å². The third-order valence-electron chi connectivity index (χ3n) is 4.61. The van der Waals surface area contributed by atoms with Gasteiger partial charge in [0, 0.05) is 50.6 Å². The predicted octanol–water partition coefficient (Wildman–Crippen LogP) is 1.62. The van der Waals surface area contributed by atoms with Crippen molar-refractivity contribution in [3.63, 3.8) is 0 Å². The van der Waals surface area contributed by atoms with Crippen LogP contribution in [0.25, 0.3) is 0 Å². The van der Waals surface area contributed by atoms with E-state index in [1.807, 2.05) is 28.5 Å². The van der Waals surface area contributed by atoms with E-state index in [0.717, 1.165) is 48.1 Å². The minimum Gasteiger partial charge on any atom is -0.497 e. The number of nitrogens with two attached hydrogens (primary N) is 1. The molecule has 8 heteroatoms. The quantitative estimate of drug-likeness (QED) is 0.774. The standard InChI is InChI=1S/C19H26N4O3S/c1-25-15-9-14(10-16(11-15)26-2)12-22-5-7-23(8-6-22)19(24)17-13-27-18(21-17)3-4-20/h9-11,13H,3-8,12,20H2,1-2H3. The summed E-state index contributed by atoms with van der Waals surface area (Å²) in [6, 6.07) is 5.91. The molecule has 0 atom stereocenters. The molecule has 1 saturated heterocycles. The molecule has 2 aromatic rings. The van der Waals surface area contributed by atoms with Crippen molar-refractivity contribution in [3.8, 4) is 11.5 Å². The summed E-state index contributed by atoms with van der Waals surface area (Å²) >= 11 is 1.50. The first-order chi connectivity index (χ1) is 13.1. The lowest BCUT2D eigenvalue weighted by molar-refractivity contribution is 0.0623. The molecular weight excluding hydrogens is 364 g/mol. The van der Waals surface area contributed by atoms with Crippen molar-refractivity contribution in [3.05, 3.63) is 39.8 Å². The van der Waals surface area contributed by atoms with Crippen LogP contribution in [0, 0.1) is 0 Å². The Morgan fingerprint density at radius 3 is 2.41 bits per heavy atom. The SMILES string of the molecule is COc1cc(CN2CCN(C(=O)c3csc(CCN)n3)CC2)cc(OC)c1. The van der Waals surface area contributed by atoms with Crippen LogP contribution in [0.2, 0.25) is 0 Å². The van der Waals surface area contributed by atoms with E-state index in [1.54, 1.807) is 14.2 Å². The first-order valence-electron chi connectivity index (χ1n) is 9.01. The Balaban J connectivity index is 1.56. The summed E-state index contributed by atoms with van der Waals surface area (Å²) in [5.74, 6) is 1.59. The molecule has 1 amide bonds. The number of methoxy groups -OCH3 is 2. The van der Waals surface area contributed by atoms with Crippen molar-refractivity contribution in [1.82, 2.24) is 14.8 Å². The Kier molecular flexibility index (Phi) is 6.65. The Morgan fingerprint density at radius 2 is 1.81 bits per heavy atom. The summed E-state index contributed by atoms with van der Waals surface area (Å²) in [6.07, 6.45) is 0.718. The Hall–Kier alpha value is -2.16. The van der Waals surface area contributed by atoms with E-state index in [1.165, 1.54) is 11.3 Å². The van der Waals surface area contributed by atoms with Crippen molar-refractivity contribution < 1.29 is 14.3 Å². The minimum atomic E-state index is 0.0113. The number of hydrogen-bond donors (Lipinski definition) is 1. The number of benzene rings is 1. The summed E-state index contributed by atoms with van der Waals surface area (Å²) in [6.45, 7) is 4.39. The number of hydrogen-bond acceptors (Lipinski definition) is 7. The first kappa shape index (κ1) is 19.6. The van der Waals surface area contributed by atoms with Crippen molar-refractivity contribution in [1.29, 1.82) is 0 Å². The van der Waals surface area contributed by atoms with Gasteiger partial charge in [-0.1, -0.05) is 0 Å². The summed E-state index contributed by atoms with van der Waals surface area (Å²) < 4.78 is 10.7. The summed E-state index contributed by atoms with van der Waals surface area (Å²) in [5.41, 5.74) is 7.23. The fraction of sp³-hybridized carbons (Fsp3) is 0.474. The van der Waals surface area contributed by atoms with Crippen LogP contribution >= 0.6 is 11.3 Å². The van der Waals surface area contributed by atoms with Crippen LogP contribution in [-0.4, -0.2) is 67.6 Å².